The van der Waals surface area contributed by atoms with Gasteiger partial charge in [-0.1, -0.05) is 18.6 Å². The van der Waals surface area contributed by atoms with E-state index in [2.05, 4.69) is 13.0 Å². The van der Waals surface area contributed by atoms with Crippen LogP contribution >= 0.6 is 0 Å². The summed E-state index contributed by atoms with van der Waals surface area (Å²) in [6.07, 6.45) is 3.97. The van der Waals surface area contributed by atoms with E-state index in [9.17, 15) is 0 Å². The van der Waals surface area contributed by atoms with Crippen LogP contribution in [0.4, 0.5) is 0 Å². The Bertz CT molecular complexity index is 74.5. The molecule has 0 spiro atoms. The Morgan fingerprint density at radius 2 is 2.25 bits per heavy atom. The summed E-state index contributed by atoms with van der Waals surface area (Å²) in [6.45, 7) is 4.40. The summed E-state index contributed by atoms with van der Waals surface area (Å²) in [7, 11) is 0. The Labute approximate surface area is 51.0 Å². The number of allylic oxidation sites excluding steroid dienone is 1. The Morgan fingerprint density at radius 3 is 2.38 bits per heavy atom. The molecule has 0 aromatic heterocycles. The first kappa shape index (κ1) is 7.70. The molecule has 0 aliphatic carbocycles. The second kappa shape index (κ2) is 4.85. The highest BCUT2D eigenvalue weighted by atomic mass is 16.2. The van der Waals surface area contributed by atoms with E-state index in [4.69, 9.17) is 5.11 Å². The lowest BCUT2D eigenvalue weighted by Crippen LogP contribution is -1.85. The van der Waals surface area contributed by atoms with E-state index >= 15 is 0 Å². The standard InChI is InChI=1S/C7H14O/c1-3-7(4-2)5-6-8/h3,8H,4-6H2,1-2H3. The Morgan fingerprint density at radius 1 is 1.62 bits per heavy atom. The van der Waals surface area contributed by atoms with Gasteiger partial charge in [-0.15, -0.1) is 0 Å². The molecular weight excluding hydrogens is 100 g/mol. The lowest BCUT2D eigenvalue weighted by molar-refractivity contribution is 0.298. The van der Waals surface area contributed by atoms with Crippen LogP contribution in [0.3, 0.4) is 0 Å². The minimum absolute atomic E-state index is 0.285. The van der Waals surface area contributed by atoms with E-state index in [1.165, 1.54) is 5.57 Å². The van der Waals surface area contributed by atoms with Crippen LogP contribution in [0.25, 0.3) is 0 Å². The number of hydrogen-bond acceptors (Lipinski definition) is 1. The molecule has 1 nitrogen and oxygen atoms in total. The monoisotopic (exact) mass is 114 g/mol. The molecule has 0 unspecified atom stereocenters. The highest BCUT2D eigenvalue weighted by Gasteiger charge is 1.87. The number of hydrogen-bond donors (Lipinski definition) is 1. The minimum Gasteiger partial charge on any atom is -0.396 e. The molecule has 0 fully saturated rings. The second-order valence-electron chi connectivity index (χ2n) is 1.77. The largest absolute Gasteiger partial charge is 0.396 e. The first-order valence-electron chi connectivity index (χ1n) is 3.10. The third kappa shape index (κ3) is 2.80. The third-order valence-corrected chi connectivity index (χ3v) is 1.30. The number of aliphatic hydroxyl groups is 1. The highest BCUT2D eigenvalue weighted by Crippen LogP contribution is 2.03. The van der Waals surface area contributed by atoms with Crippen LogP contribution in [-0.4, -0.2) is 11.7 Å². The molecule has 1 heteroatoms. The van der Waals surface area contributed by atoms with Crippen molar-refractivity contribution in [2.24, 2.45) is 0 Å². The summed E-state index contributed by atoms with van der Waals surface area (Å²) >= 11 is 0. The summed E-state index contributed by atoms with van der Waals surface area (Å²) in [5, 5.41) is 8.46. The first-order chi connectivity index (χ1) is 3.85. The lowest BCUT2D eigenvalue weighted by atomic mass is 10.1. The first-order valence-corrected chi connectivity index (χ1v) is 3.10. The molecule has 0 rings (SSSR count). The molecule has 8 heavy (non-hydrogen) atoms. The molecule has 0 saturated carbocycles. The van der Waals surface area contributed by atoms with Gasteiger partial charge in [-0.05, 0) is 19.8 Å². The fourth-order valence-electron chi connectivity index (χ4n) is 0.669. The van der Waals surface area contributed by atoms with Crippen molar-refractivity contribution < 1.29 is 5.11 Å². The van der Waals surface area contributed by atoms with Crippen molar-refractivity contribution in [1.29, 1.82) is 0 Å². The van der Waals surface area contributed by atoms with Crippen molar-refractivity contribution in [1.82, 2.24) is 0 Å². The van der Waals surface area contributed by atoms with Crippen molar-refractivity contribution in [3.8, 4) is 0 Å². The van der Waals surface area contributed by atoms with Gasteiger partial charge in [0.2, 0.25) is 0 Å². The zero-order chi connectivity index (χ0) is 6.41. The van der Waals surface area contributed by atoms with Crippen molar-refractivity contribution in [3.05, 3.63) is 11.6 Å². The zero-order valence-electron chi connectivity index (χ0n) is 5.65. The molecule has 1 N–H and O–H groups in total. The fourth-order valence-corrected chi connectivity index (χ4v) is 0.669. The molecular formula is C7H14O. The van der Waals surface area contributed by atoms with Crippen molar-refractivity contribution in [2.75, 3.05) is 6.61 Å². The van der Waals surface area contributed by atoms with Crippen LogP contribution in [-0.2, 0) is 0 Å². The van der Waals surface area contributed by atoms with Gasteiger partial charge in [-0.2, -0.15) is 0 Å². The molecule has 0 aliphatic heterocycles. The molecule has 0 bridgehead atoms. The van der Waals surface area contributed by atoms with Gasteiger partial charge in [0.1, 0.15) is 0 Å². The van der Waals surface area contributed by atoms with Crippen LogP contribution < -0.4 is 0 Å². The van der Waals surface area contributed by atoms with Gasteiger partial charge in [0.25, 0.3) is 0 Å². The van der Waals surface area contributed by atoms with Gasteiger partial charge in [0.05, 0.1) is 0 Å². The Balaban J connectivity index is 3.38. The topological polar surface area (TPSA) is 20.2 Å². The number of aliphatic hydroxyl groups excluding tert-OH is 1. The number of rotatable bonds is 3. The van der Waals surface area contributed by atoms with E-state index in [-0.39, 0.29) is 6.61 Å². The maximum Gasteiger partial charge on any atom is 0.0468 e. The van der Waals surface area contributed by atoms with Crippen LogP contribution in [0.15, 0.2) is 11.6 Å². The molecule has 0 saturated heterocycles. The quantitative estimate of drug-likeness (QED) is 0.554. The van der Waals surface area contributed by atoms with Gasteiger partial charge in [-0.3, -0.25) is 0 Å². The Hall–Kier alpha value is -0.300. The molecule has 0 aliphatic rings. The van der Waals surface area contributed by atoms with Gasteiger partial charge >= 0.3 is 0 Å². The van der Waals surface area contributed by atoms with Crippen LogP contribution in [0.5, 0.6) is 0 Å². The van der Waals surface area contributed by atoms with Crippen molar-refractivity contribution >= 4 is 0 Å². The summed E-state index contributed by atoms with van der Waals surface area (Å²) in [5.74, 6) is 0. The predicted octanol–water partition coefficient (Wildman–Crippen LogP) is 1.73. The molecule has 0 amide bonds. The molecule has 0 aromatic carbocycles. The predicted molar refractivity (Wildman–Crippen MR) is 35.8 cm³/mol. The van der Waals surface area contributed by atoms with Gasteiger partial charge in [-0.25, -0.2) is 0 Å². The van der Waals surface area contributed by atoms with Crippen LogP contribution in [0, 0.1) is 0 Å². The highest BCUT2D eigenvalue weighted by molar-refractivity contribution is 4.98. The van der Waals surface area contributed by atoms with Crippen molar-refractivity contribution in [2.45, 2.75) is 26.7 Å². The van der Waals surface area contributed by atoms with E-state index < -0.39 is 0 Å². The minimum atomic E-state index is 0.285. The van der Waals surface area contributed by atoms with Gasteiger partial charge in [0, 0.05) is 6.61 Å². The van der Waals surface area contributed by atoms with E-state index in [0.29, 0.717) is 0 Å². The van der Waals surface area contributed by atoms with E-state index in [1.54, 1.807) is 0 Å². The maximum absolute atomic E-state index is 8.46. The summed E-state index contributed by atoms with van der Waals surface area (Å²) in [5.41, 5.74) is 1.34. The van der Waals surface area contributed by atoms with Crippen LogP contribution in [0.1, 0.15) is 26.7 Å². The average Bonchev–Trinajstić information content (AvgIpc) is 1.83. The van der Waals surface area contributed by atoms with E-state index in [1.807, 2.05) is 6.92 Å². The van der Waals surface area contributed by atoms with Crippen molar-refractivity contribution in [3.63, 3.8) is 0 Å². The molecule has 0 radical (unpaired) electrons. The molecule has 0 atom stereocenters. The summed E-state index contributed by atoms with van der Waals surface area (Å²) in [4.78, 5) is 0. The van der Waals surface area contributed by atoms with Gasteiger partial charge in [0.15, 0.2) is 0 Å². The Kier molecular flexibility index (Phi) is 4.67. The molecule has 48 valence electrons. The fraction of sp³-hybridized carbons (Fsp3) is 0.714. The SMILES string of the molecule is CC=C(CC)CCO. The zero-order valence-corrected chi connectivity index (χ0v) is 5.65. The smallest absolute Gasteiger partial charge is 0.0468 e. The van der Waals surface area contributed by atoms with Crippen LogP contribution in [0.2, 0.25) is 0 Å². The normalized spacial score (nSPS) is 12.1. The average molecular weight is 114 g/mol. The third-order valence-electron chi connectivity index (χ3n) is 1.30. The second-order valence-corrected chi connectivity index (χ2v) is 1.77. The maximum atomic E-state index is 8.46. The van der Waals surface area contributed by atoms with Gasteiger partial charge < -0.3 is 5.11 Å². The molecule has 0 heterocycles. The summed E-state index contributed by atoms with van der Waals surface area (Å²) in [6, 6.07) is 0. The van der Waals surface area contributed by atoms with E-state index in [0.717, 1.165) is 12.8 Å². The summed E-state index contributed by atoms with van der Waals surface area (Å²) < 4.78 is 0. The lowest BCUT2D eigenvalue weighted by Gasteiger charge is -1.96. The molecule has 0 aromatic rings.